The predicted octanol–water partition coefficient (Wildman–Crippen LogP) is 2.11. The Labute approximate surface area is 106 Å². The molecule has 1 heterocycles. The number of benzene rings is 1. The third kappa shape index (κ3) is 2.11. The summed E-state index contributed by atoms with van der Waals surface area (Å²) in [4.78, 5) is 4.49. The first-order chi connectivity index (χ1) is 8.74. The molecule has 2 N–H and O–H groups in total. The van der Waals surface area contributed by atoms with Crippen LogP contribution in [0.3, 0.4) is 0 Å². The van der Waals surface area contributed by atoms with E-state index in [-0.39, 0.29) is 12.1 Å². The normalized spacial score (nSPS) is 22.6. The van der Waals surface area contributed by atoms with E-state index in [2.05, 4.69) is 4.98 Å². The molecule has 3 rings (SSSR count). The Morgan fingerprint density at radius 3 is 2.72 bits per heavy atom. The second-order valence-electron chi connectivity index (χ2n) is 4.68. The highest BCUT2D eigenvalue weighted by molar-refractivity contribution is 5.80. The van der Waals surface area contributed by atoms with Gasteiger partial charge in [0.15, 0.2) is 0 Å². The maximum atomic E-state index is 5.77. The van der Waals surface area contributed by atoms with Crippen molar-refractivity contribution < 1.29 is 9.47 Å². The van der Waals surface area contributed by atoms with Crippen molar-refractivity contribution in [2.45, 2.75) is 25.0 Å². The van der Waals surface area contributed by atoms with E-state index in [9.17, 15) is 0 Å². The average Bonchev–Trinajstić information content (AvgIpc) is 2.36. The lowest BCUT2D eigenvalue weighted by Crippen LogP contribution is -2.43. The van der Waals surface area contributed by atoms with Crippen LogP contribution in [0.4, 0.5) is 0 Å². The predicted molar refractivity (Wildman–Crippen MR) is 69.9 cm³/mol. The zero-order valence-corrected chi connectivity index (χ0v) is 10.3. The summed E-state index contributed by atoms with van der Waals surface area (Å²) < 4.78 is 11.0. The van der Waals surface area contributed by atoms with Crippen molar-refractivity contribution in [2.75, 3.05) is 7.11 Å². The number of pyridine rings is 1. The summed E-state index contributed by atoms with van der Waals surface area (Å²) in [6.45, 7) is 0. The number of hydrogen-bond acceptors (Lipinski definition) is 4. The molecule has 18 heavy (non-hydrogen) atoms. The lowest BCUT2D eigenvalue weighted by atomic mass is 9.90. The van der Waals surface area contributed by atoms with E-state index in [0.29, 0.717) is 5.88 Å². The minimum atomic E-state index is 0.218. The fraction of sp³-hybridized carbons (Fsp3) is 0.357. The van der Waals surface area contributed by atoms with E-state index >= 15 is 0 Å². The number of hydrogen-bond donors (Lipinski definition) is 1. The molecule has 1 aliphatic rings. The highest BCUT2D eigenvalue weighted by Gasteiger charge is 2.27. The van der Waals surface area contributed by atoms with Gasteiger partial charge in [0, 0.05) is 23.6 Å². The standard InChI is InChI=1S/C14H16N2O2/c1-17-11-4-2-9-3-5-14(16-13(9)8-11)18-12-6-10(15)7-12/h2-5,8,10,12H,6-7,15H2,1H3. The SMILES string of the molecule is COc1ccc2ccc(OC3CC(N)C3)nc2c1. The van der Waals surface area contributed by atoms with Gasteiger partial charge in [0.1, 0.15) is 11.9 Å². The molecule has 1 aliphatic carbocycles. The molecule has 0 saturated heterocycles. The summed E-state index contributed by atoms with van der Waals surface area (Å²) in [5.74, 6) is 1.46. The molecule has 1 aromatic heterocycles. The highest BCUT2D eigenvalue weighted by Crippen LogP contribution is 2.26. The van der Waals surface area contributed by atoms with Crippen LogP contribution in [-0.4, -0.2) is 24.2 Å². The van der Waals surface area contributed by atoms with Crippen LogP contribution in [0.2, 0.25) is 0 Å². The van der Waals surface area contributed by atoms with Gasteiger partial charge in [-0.1, -0.05) is 0 Å². The van der Waals surface area contributed by atoms with E-state index in [0.717, 1.165) is 29.5 Å². The van der Waals surface area contributed by atoms with Crippen LogP contribution < -0.4 is 15.2 Å². The van der Waals surface area contributed by atoms with Crippen LogP contribution in [0.15, 0.2) is 30.3 Å². The summed E-state index contributed by atoms with van der Waals surface area (Å²) >= 11 is 0. The molecule has 94 valence electrons. The molecular formula is C14H16N2O2. The van der Waals surface area contributed by atoms with E-state index < -0.39 is 0 Å². The summed E-state index contributed by atoms with van der Waals surface area (Å²) in [5, 5.41) is 1.08. The Morgan fingerprint density at radius 1 is 1.22 bits per heavy atom. The first-order valence-electron chi connectivity index (χ1n) is 6.11. The maximum Gasteiger partial charge on any atom is 0.214 e. The van der Waals surface area contributed by atoms with Crippen molar-refractivity contribution in [3.8, 4) is 11.6 Å². The van der Waals surface area contributed by atoms with Crippen molar-refractivity contribution >= 4 is 10.9 Å². The molecule has 0 amide bonds. The monoisotopic (exact) mass is 244 g/mol. The fourth-order valence-electron chi connectivity index (χ4n) is 2.14. The summed E-state index contributed by atoms with van der Waals surface area (Å²) in [6.07, 6.45) is 2.05. The van der Waals surface area contributed by atoms with Gasteiger partial charge in [-0.15, -0.1) is 0 Å². The molecule has 1 saturated carbocycles. The molecule has 1 fully saturated rings. The topological polar surface area (TPSA) is 57.4 Å². The Morgan fingerprint density at radius 2 is 2.00 bits per heavy atom. The van der Waals surface area contributed by atoms with Crippen molar-refractivity contribution in [3.05, 3.63) is 30.3 Å². The molecule has 4 nitrogen and oxygen atoms in total. The van der Waals surface area contributed by atoms with Gasteiger partial charge < -0.3 is 15.2 Å². The zero-order chi connectivity index (χ0) is 12.5. The van der Waals surface area contributed by atoms with Gasteiger partial charge in [-0.25, -0.2) is 4.98 Å². The average molecular weight is 244 g/mol. The van der Waals surface area contributed by atoms with Gasteiger partial charge in [0.05, 0.1) is 12.6 Å². The lowest BCUT2D eigenvalue weighted by molar-refractivity contribution is 0.0962. The van der Waals surface area contributed by atoms with Gasteiger partial charge in [0.25, 0.3) is 0 Å². The first kappa shape index (κ1) is 11.3. The Hall–Kier alpha value is -1.81. The number of methoxy groups -OCH3 is 1. The van der Waals surface area contributed by atoms with Crippen LogP contribution in [0.1, 0.15) is 12.8 Å². The van der Waals surface area contributed by atoms with Crippen LogP contribution in [-0.2, 0) is 0 Å². The van der Waals surface area contributed by atoms with Crippen molar-refractivity contribution in [2.24, 2.45) is 5.73 Å². The summed E-state index contributed by atoms with van der Waals surface area (Å²) in [5.41, 5.74) is 6.62. The van der Waals surface area contributed by atoms with Crippen molar-refractivity contribution in [3.63, 3.8) is 0 Å². The maximum absolute atomic E-state index is 5.77. The number of nitrogens with zero attached hydrogens (tertiary/aromatic N) is 1. The minimum absolute atomic E-state index is 0.218. The molecule has 0 aliphatic heterocycles. The summed E-state index contributed by atoms with van der Waals surface area (Å²) in [7, 11) is 1.65. The Bertz CT molecular complexity index is 565. The second-order valence-corrected chi connectivity index (χ2v) is 4.68. The van der Waals surface area contributed by atoms with Crippen LogP contribution in [0.5, 0.6) is 11.6 Å². The first-order valence-corrected chi connectivity index (χ1v) is 6.11. The van der Waals surface area contributed by atoms with Gasteiger partial charge >= 0.3 is 0 Å². The van der Waals surface area contributed by atoms with E-state index in [1.807, 2.05) is 30.3 Å². The third-order valence-corrected chi connectivity index (χ3v) is 3.29. The van der Waals surface area contributed by atoms with E-state index in [1.54, 1.807) is 7.11 Å². The third-order valence-electron chi connectivity index (χ3n) is 3.29. The van der Waals surface area contributed by atoms with E-state index in [4.69, 9.17) is 15.2 Å². The lowest BCUT2D eigenvalue weighted by Gasteiger charge is -2.32. The number of aromatic nitrogens is 1. The van der Waals surface area contributed by atoms with Gasteiger partial charge in [-0.2, -0.15) is 0 Å². The number of fused-ring (bicyclic) bond motifs is 1. The largest absolute Gasteiger partial charge is 0.497 e. The summed E-state index contributed by atoms with van der Waals surface area (Å²) in [6, 6.07) is 10.0. The highest BCUT2D eigenvalue weighted by atomic mass is 16.5. The molecule has 0 bridgehead atoms. The van der Waals surface area contributed by atoms with Crippen LogP contribution in [0.25, 0.3) is 10.9 Å². The zero-order valence-electron chi connectivity index (χ0n) is 10.3. The van der Waals surface area contributed by atoms with E-state index in [1.165, 1.54) is 0 Å². The Kier molecular flexibility index (Phi) is 2.80. The van der Waals surface area contributed by atoms with Gasteiger partial charge in [-0.05, 0) is 31.0 Å². The van der Waals surface area contributed by atoms with Crippen LogP contribution in [0, 0.1) is 0 Å². The molecule has 1 aromatic carbocycles. The molecule has 4 heteroatoms. The molecular weight excluding hydrogens is 228 g/mol. The van der Waals surface area contributed by atoms with Crippen LogP contribution >= 0.6 is 0 Å². The molecule has 0 unspecified atom stereocenters. The molecule has 0 spiro atoms. The van der Waals surface area contributed by atoms with Gasteiger partial charge in [0.2, 0.25) is 5.88 Å². The number of nitrogens with two attached hydrogens (primary N) is 1. The quantitative estimate of drug-likeness (QED) is 0.898. The smallest absolute Gasteiger partial charge is 0.214 e. The minimum Gasteiger partial charge on any atom is -0.497 e. The Balaban J connectivity index is 1.85. The molecule has 0 radical (unpaired) electrons. The van der Waals surface area contributed by atoms with Crippen molar-refractivity contribution in [1.29, 1.82) is 0 Å². The van der Waals surface area contributed by atoms with Crippen molar-refractivity contribution in [1.82, 2.24) is 4.98 Å². The second kappa shape index (κ2) is 4.46. The molecule has 2 aromatic rings. The number of rotatable bonds is 3. The fourth-order valence-corrected chi connectivity index (χ4v) is 2.14. The van der Waals surface area contributed by atoms with Gasteiger partial charge in [-0.3, -0.25) is 0 Å². The number of ether oxygens (including phenoxy) is 2. The molecule has 0 atom stereocenters.